The van der Waals surface area contributed by atoms with Crippen LogP contribution in [0.15, 0.2) is 44.4 Å². The minimum Gasteiger partial charge on any atom is -0.358 e. The molecule has 0 amide bonds. The zero-order chi connectivity index (χ0) is 11.3. The van der Waals surface area contributed by atoms with Crippen molar-refractivity contribution >= 4 is 11.9 Å². The Morgan fingerprint density at radius 2 is 2.35 bits per heavy atom. The summed E-state index contributed by atoms with van der Waals surface area (Å²) < 4.78 is 6.03. The first kappa shape index (κ1) is 9.38. The fourth-order valence-electron chi connectivity index (χ4n) is 2.83. The quantitative estimate of drug-likeness (QED) is 0.655. The lowest BCUT2D eigenvalue weighted by Crippen LogP contribution is -2.63. The molecule has 4 rings (SSSR count). The molecule has 6 heteroatoms. The highest BCUT2D eigenvalue weighted by Crippen LogP contribution is 2.45. The van der Waals surface area contributed by atoms with Crippen LogP contribution in [-0.2, 0) is 4.74 Å². The van der Waals surface area contributed by atoms with Crippen LogP contribution in [-0.4, -0.2) is 42.8 Å². The maximum Gasteiger partial charge on any atom is 0.181 e. The molecule has 0 aromatic carbocycles. The van der Waals surface area contributed by atoms with Crippen molar-refractivity contribution in [1.82, 2.24) is 5.32 Å². The van der Waals surface area contributed by atoms with Crippen LogP contribution in [0.4, 0.5) is 0 Å². The standard InChI is InChI=1S/C11H11N5O/c1-2-9-11(7-14-15-9)10(6-12-3-4-17-11)8(1)5-13-16-10/h1-2,5,7,12H,3-4,6H2. The first-order chi connectivity index (χ1) is 8.37. The molecule has 2 atom stereocenters. The second-order valence-electron chi connectivity index (χ2n) is 4.48. The molecule has 0 aromatic heterocycles. The average molecular weight is 229 g/mol. The predicted octanol–water partition coefficient (Wildman–Crippen LogP) is 0.444. The molecular weight excluding hydrogens is 218 g/mol. The molecule has 1 aliphatic carbocycles. The van der Waals surface area contributed by atoms with Gasteiger partial charge in [-0.2, -0.15) is 20.4 Å². The molecule has 6 nitrogen and oxygen atoms in total. The SMILES string of the molecule is C1=CC2=NN=CC23OCCNCC32N=NC=C12. The van der Waals surface area contributed by atoms with Crippen LogP contribution in [0.3, 0.4) is 0 Å². The third kappa shape index (κ3) is 0.934. The van der Waals surface area contributed by atoms with E-state index in [1.165, 1.54) is 0 Å². The molecule has 4 aliphatic rings. The zero-order valence-electron chi connectivity index (χ0n) is 9.13. The summed E-state index contributed by atoms with van der Waals surface area (Å²) in [5.74, 6) is 0. The summed E-state index contributed by atoms with van der Waals surface area (Å²) in [6.45, 7) is 2.11. The molecule has 17 heavy (non-hydrogen) atoms. The third-order valence-electron chi connectivity index (χ3n) is 3.71. The predicted molar refractivity (Wildman–Crippen MR) is 62.3 cm³/mol. The molecule has 86 valence electrons. The van der Waals surface area contributed by atoms with Gasteiger partial charge < -0.3 is 10.1 Å². The summed E-state index contributed by atoms with van der Waals surface area (Å²) >= 11 is 0. The summed E-state index contributed by atoms with van der Waals surface area (Å²) in [5, 5.41) is 20.0. The van der Waals surface area contributed by atoms with E-state index in [0.717, 1.165) is 17.8 Å². The lowest BCUT2D eigenvalue weighted by atomic mass is 9.69. The molecule has 3 heterocycles. The Labute approximate surface area is 97.9 Å². The van der Waals surface area contributed by atoms with Crippen LogP contribution in [0.2, 0.25) is 0 Å². The molecule has 1 N–H and O–H groups in total. The lowest BCUT2D eigenvalue weighted by molar-refractivity contribution is 0.0393. The molecule has 2 spiro atoms. The van der Waals surface area contributed by atoms with Gasteiger partial charge in [-0.3, -0.25) is 0 Å². The van der Waals surface area contributed by atoms with Crippen molar-refractivity contribution in [2.75, 3.05) is 19.7 Å². The zero-order valence-corrected chi connectivity index (χ0v) is 9.13. The van der Waals surface area contributed by atoms with E-state index in [-0.39, 0.29) is 0 Å². The number of rotatable bonds is 0. The van der Waals surface area contributed by atoms with Crippen molar-refractivity contribution in [2.24, 2.45) is 20.4 Å². The molecule has 1 saturated heterocycles. The van der Waals surface area contributed by atoms with E-state index >= 15 is 0 Å². The monoisotopic (exact) mass is 229 g/mol. The van der Waals surface area contributed by atoms with Gasteiger partial charge in [-0.1, -0.05) is 6.08 Å². The fourth-order valence-corrected chi connectivity index (χ4v) is 2.83. The molecule has 0 bridgehead atoms. The molecule has 1 fully saturated rings. The van der Waals surface area contributed by atoms with Crippen molar-refractivity contribution in [3.05, 3.63) is 23.9 Å². The summed E-state index contributed by atoms with van der Waals surface area (Å²) in [4.78, 5) is 0. The van der Waals surface area contributed by atoms with E-state index in [9.17, 15) is 0 Å². The number of ether oxygens (including phenoxy) is 1. The van der Waals surface area contributed by atoms with Crippen molar-refractivity contribution in [1.29, 1.82) is 0 Å². The largest absolute Gasteiger partial charge is 0.358 e. The van der Waals surface area contributed by atoms with E-state index in [4.69, 9.17) is 4.74 Å². The summed E-state index contributed by atoms with van der Waals surface area (Å²) in [6.07, 6.45) is 7.50. The number of nitrogens with zero attached hydrogens (tertiary/aromatic N) is 4. The van der Waals surface area contributed by atoms with Gasteiger partial charge >= 0.3 is 0 Å². The highest BCUT2D eigenvalue weighted by molar-refractivity contribution is 6.18. The molecule has 0 saturated carbocycles. The molecular formula is C11H11N5O. The maximum absolute atomic E-state index is 6.03. The normalized spacial score (nSPS) is 41.4. The molecule has 2 unspecified atom stereocenters. The number of hydrogen-bond donors (Lipinski definition) is 1. The van der Waals surface area contributed by atoms with Gasteiger partial charge in [-0.05, 0) is 6.08 Å². The second kappa shape index (κ2) is 2.96. The number of nitrogens with one attached hydrogen (secondary N) is 1. The number of hydrogen-bond acceptors (Lipinski definition) is 6. The Kier molecular flexibility index (Phi) is 1.64. The Balaban J connectivity index is 2.00. The van der Waals surface area contributed by atoms with E-state index in [0.29, 0.717) is 13.2 Å². The van der Waals surface area contributed by atoms with Gasteiger partial charge in [-0.25, -0.2) is 0 Å². The van der Waals surface area contributed by atoms with Crippen molar-refractivity contribution < 1.29 is 4.74 Å². The Hall–Kier alpha value is -1.66. The van der Waals surface area contributed by atoms with Crippen molar-refractivity contribution in [3.63, 3.8) is 0 Å². The van der Waals surface area contributed by atoms with Gasteiger partial charge in [0.2, 0.25) is 0 Å². The first-order valence-electron chi connectivity index (χ1n) is 5.66. The van der Waals surface area contributed by atoms with Gasteiger partial charge in [0.1, 0.15) is 5.71 Å². The van der Waals surface area contributed by atoms with Gasteiger partial charge in [0, 0.05) is 18.7 Å². The Bertz CT molecular complexity index is 486. The van der Waals surface area contributed by atoms with E-state index in [2.05, 4.69) is 25.7 Å². The number of azo groups is 1. The first-order valence-corrected chi connectivity index (χ1v) is 5.66. The fraction of sp³-hybridized carbons (Fsp3) is 0.455. The van der Waals surface area contributed by atoms with Crippen LogP contribution in [0, 0.1) is 0 Å². The van der Waals surface area contributed by atoms with Crippen molar-refractivity contribution in [2.45, 2.75) is 11.1 Å². The smallest absolute Gasteiger partial charge is 0.181 e. The summed E-state index contributed by atoms with van der Waals surface area (Å²) in [5.41, 5.74) is 0.673. The van der Waals surface area contributed by atoms with Gasteiger partial charge in [0.25, 0.3) is 0 Å². The second-order valence-corrected chi connectivity index (χ2v) is 4.48. The maximum atomic E-state index is 6.03. The summed E-state index contributed by atoms with van der Waals surface area (Å²) in [7, 11) is 0. The minimum atomic E-state index is -0.670. The highest BCUT2D eigenvalue weighted by atomic mass is 16.5. The van der Waals surface area contributed by atoms with E-state index in [1.54, 1.807) is 12.4 Å². The van der Waals surface area contributed by atoms with Crippen LogP contribution >= 0.6 is 0 Å². The van der Waals surface area contributed by atoms with Crippen LogP contribution in [0.1, 0.15) is 0 Å². The topological polar surface area (TPSA) is 70.7 Å². The average Bonchev–Trinajstić information content (AvgIpc) is 2.86. The van der Waals surface area contributed by atoms with E-state index < -0.39 is 11.1 Å². The van der Waals surface area contributed by atoms with Gasteiger partial charge in [0.05, 0.1) is 19.0 Å². The van der Waals surface area contributed by atoms with E-state index in [1.807, 2.05) is 12.2 Å². The van der Waals surface area contributed by atoms with Crippen molar-refractivity contribution in [3.8, 4) is 0 Å². The third-order valence-corrected chi connectivity index (χ3v) is 3.71. The van der Waals surface area contributed by atoms with Crippen LogP contribution in [0.25, 0.3) is 0 Å². The minimum absolute atomic E-state index is 0.531. The molecule has 3 aliphatic heterocycles. The Morgan fingerprint density at radius 3 is 3.35 bits per heavy atom. The highest BCUT2D eigenvalue weighted by Gasteiger charge is 2.62. The van der Waals surface area contributed by atoms with Crippen LogP contribution in [0.5, 0.6) is 0 Å². The molecule has 0 aromatic rings. The lowest BCUT2D eigenvalue weighted by Gasteiger charge is -2.42. The Morgan fingerprint density at radius 1 is 1.35 bits per heavy atom. The molecule has 0 radical (unpaired) electrons. The van der Waals surface area contributed by atoms with Gasteiger partial charge in [-0.15, -0.1) is 0 Å². The van der Waals surface area contributed by atoms with Gasteiger partial charge in [0.15, 0.2) is 11.1 Å². The van der Waals surface area contributed by atoms with Crippen LogP contribution < -0.4 is 5.32 Å². The summed E-state index contributed by atoms with van der Waals surface area (Å²) in [6, 6.07) is 0.